The molecule has 0 fully saturated rings. The highest BCUT2D eigenvalue weighted by molar-refractivity contribution is 5.92. The van der Waals surface area contributed by atoms with E-state index in [1.54, 1.807) is 43.5 Å². The van der Waals surface area contributed by atoms with Crippen LogP contribution in [-0.4, -0.2) is 19.2 Å². The summed E-state index contributed by atoms with van der Waals surface area (Å²) in [6.45, 7) is 7.71. The number of hydrogen-bond acceptors (Lipinski definition) is 7. The van der Waals surface area contributed by atoms with Gasteiger partial charge in [-0.1, -0.05) is 126 Å². The lowest BCUT2D eigenvalue weighted by Crippen LogP contribution is -2.25. The van der Waals surface area contributed by atoms with Crippen LogP contribution in [0.5, 0.6) is 23.0 Å². The van der Waals surface area contributed by atoms with Gasteiger partial charge in [-0.3, -0.25) is 4.79 Å². The third kappa shape index (κ3) is 10.2. The van der Waals surface area contributed by atoms with Crippen molar-refractivity contribution in [3.8, 4) is 23.0 Å². The van der Waals surface area contributed by atoms with Gasteiger partial charge in [0.15, 0.2) is 0 Å². The zero-order chi connectivity index (χ0) is 45.3. The minimum absolute atomic E-state index is 0.340. The first-order valence-electron chi connectivity index (χ1n) is 21.4. The van der Waals surface area contributed by atoms with Gasteiger partial charge in [-0.2, -0.15) is 0 Å². The van der Waals surface area contributed by atoms with E-state index in [1.807, 2.05) is 78.9 Å². The molecule has 0 radical (unpaired) electrons. The topological polar surface area (TPSA) is 74.3 Å². The molecule has 0 heterocycles. The molecular formula is C58H49NO6. The Hall–Kier alpha value is -8.16. The SMILES string of the molecule is COc1ccc(C(=Cc2ccc(N(c3ccc(C)cc3)c3ccc(C)cc3)cc2)c2ccc(OC(=O)Oc3ccc(C(C)(c4ccccc4)c4ccc(OC(C)=O)cc4)cc3)cc2)cc1. The molecule has 0 N–H and O–H groups in total. The molecule has 65 heavy (non-hydrogen) atoms. The van der Waals surface area contributed by atoms with Gasteiger partial charge in [0.2, 0.25) is 0 Å². The van der Waals surface area contributed by atoms with Gasteiger partial charge in [0.05, 0.1) is 7.11 Å². The van der Waals surface area contributed by atoms with Gasteiger partial charge >= 0.3 is 12.1 Å². The molecule has 1 atom stereocenters. The van der Waals surface area contributed by atoms with Gasteiger partial charge < -0.3 is 23.8 Å². The van der Waals surface area contributed by atoms with Crippen molar-refractivity contribution in [1.29, 1.82) is 0 Å². The minimum atomic E-state index is -0.853. The molecule has 0 bridgehead atoms. The maximum Gasteiger partial charge on any atom is 0.519 e. The van der Waals surface area contributed by atoms with E-state index >= 15 is 0 Å². The number of hydrogen-bond donors (Lipinski definition) is 0. The van der Waals surface area contributed by atoms with Crippen LogP contribution in [0.4, 0.5) is 21.9 Å². The van der Waals surface area contributed by atoms with Gasteiger partial charge in [0.1, 0.15) is 23.0 Å². The first-order valence-corrected chi connectivity index (χ1v) is 21.4. The van der Waals surface area contributed by atoms with E-state index in [0.29, 0.717) is 17.2 Å². The van der Waals surface area contributed by atoms with Gasteiger partial charge in [0, 0.05) is 29.4 Å². The minimum Gasteiger partial charge on any atom is -0.497 e. The normalized spacial score (nSPS) is 12.1. The third-order valence-electron chi connectivity index (χ3n) is 11.5. The lowest BCUT2D eigenvalue weighted by molar-refractivity contribution is -0.131. The number of aryl methyl sites for hydroxylation is 2. The van der Waals surface area contributed by atoms with E-state index in [9.17, 15) is 9.59 Å². The van der Waals surface area contributed by atoms with Crippen molar-refractivity contribution in [3.05, 3.63) is 245 Å². The first kappa shape index (κ1) is 43.5. The summed E-state index contributed by atoms with van der Waals surface area (Å²) < 4.78 is 22.1. The summed E-state index contributed by atoms with van der Waals surface area (Å²) in [7, 11) is 1.65. The standard InChI is InChI=1S/C58H49NO6/c1-40-11-25-49(26-12-40)59(50-27-13-41(2)14-28-50)51-29-15-43(16-30-51)39-56(44-17-31-52(62-5)32-18-44)45-19-33-54(34-20-45)64-57(61)65-55-37-23-48(24-38-55)58(4,46-9-7-6-8-10-46)47-21-35-53(36-22-47)63-42(3)60/h6-39H,1-5H3. The second kappa shape index (κ2) is 19.5. The molecule has 0 aliphatic carbocycles. The predicted octanol–water partition coefficient (Wildman–Crippen LogP) is 14.2. The molecule has 0 amide bonds. The molecule has 1 unspecified atom stereocenters. The summed E-state index contributed by atoms with van der Waals surface area (Å²) in [6.07, 6.45) is 1.30. The number of anilines is 3. The molecule has 7 heteroatoms. The first-order chi connectivity index (χ1) is 31.5. The molecule has 0 aromatic heterocycles. The Morgan fingerprint density at radius 2 is 0.846 bits per heavy atom. The number of methoxy groups -OCH3 is 1. The molecule has 0 spiro atoms. The molecule has 8 aromatic carbocycles. The quantitative estimate of drug-likeness (QED) is 0.0376. The summed E-state index contributed by atoms with van der Waals surface area (Å²) in [6, 6.07) is 66.0. The van der Waals surface area contributed by atoms with Crippen molar-refractivity contribution >= 4 is 40.8 Å². The number of nitrogens with zero attached hydrogens (tertiary/aromatic N) is 1. The van der Waals surface area contributed by atoms with Crippen molar-refractivity contribution < 1.29 is 28.5 Å². The van der Waals surface area contributed by atoms with E-state index < -0.39 is 11.6 Å². The molecule has 0 aliphatic heterocycles. The Bertz CT molecular complexity index is 2840. The highest BCUT2D eigenvalue weighted by Gasteiger charge is 2.31. The van der Waals surface area contributed by atoms with Crippen molar-refractivity contribution in [2.75, 3.05) is 12.0 Å². The Morgan fingerprint density at radius 3 is 1.28 bits per heavy atom. The van der Waals surface area contributed by atoms with Crippen LogP contribution in [0.1, 0.15) is 58.4 Å². The highest BCUT2D eigenvalue weighted by Crippen LogP contribution is 2.40. The number of benzene rings is 8. The fraction of sp³-hybridized carbons (Fsp3) is 0.103. The van der Waals surface area contributed by atoms with E-state index in [-0.39, 0.29) is 5.97 Å². The van der Waals surface area contributed by atoms with Crippen LogP contribution in [0.3, 0.4) is 0 Å². The van der Waals surface area contributed by atoms with Crippen molar-refractivity contribution in [3.63, 3.8) is 0 Å². The lowest BCUT2D eigenvalue weighted by Gasteiger charge is -2.32. The summed E-state index contributed by atoms with van der Waals surface area (Å²) in [5, 5.41) is 0. The summed E-state index contributed by atoms with van der Waals surface area (Å²) in [4.78, 5) is 26.9. The molecule has 0 aliphatic rings. The van der Waals surface area contributed by atoms with Crippen molar-refractivity contribution in [2.45, 2.75) is 33.1 Å². The van der Waals surface area contributed by atoms with Crippen LogP contribution in [0.2, 0.25) is 0 Å². The second-order valence-electron chi connectivity index (χ2n) is 16.0. The fourth-order valence-electron chi connectivity index (χ4n) is 7.89. The average molecular weight is 856 g/mol. The maximum atomic E-state index is 13.1. The van der Waals surface area contributed by atoms with Crippen molar-refractivity contribution in [1.82, 2.24) is 0 Å². The van der Waals surface area contributed by atoms with Crippen LogP contribution < -0.4 is 23.8 Å². The Morgan fingerprint density at radius 1 is 0.462 bits per heavy atom. The van der Waals surface area contributed by atoms with Crippen LogP contribution in [0, 0.1) is 13.8 Å². The average Bonchev–Trinajstić information content (AvgIpc) is 3.33. The predicted molar refractivity (Wildman–Crippen MR) is 260 cm³/mol. The monoisotopic (exact) mass is 855 g/mol. The zero-order valence-corrected chi connectivity index (χ0v) is 37.0. The molecule has 8 aromatic rings. The molecule has 0 saturated carbocycles. The van der Waals surface area contributed by atoms with Gasteiger partial charge in [-0.25, -0.2) is 4.79 Å². The van der Waals surface area contributed by atoms with Gasteiger partial charge in [-0.05, 0) is 151 Å². The number of carbonyl (C=O) groups is 2. The van der Waals surface area contributed by atoms with Crippen molar-refractivity contribution in [2.24, 2.45) is 0 Å². The van der Waals surface area contributed by atoms with Crippen LogP contribution in [-0.2, 0) is 10.2 Å². The van der Waals surface area contributed by atoms with E-state index in [4.69, 9.17) is 18.9 Å². The largest absolute Gasteiger partial charge is 0.519 e. The Labute approximate surface area is 380 Å². The fourth-order valence-corrected chi connectivity index (χ4v) is 7.89. The van der Waals surface area contributed by atoms with E-state index in [0.717, 1.165) is 61.8 Å². The van der Waals surface area contributed by atoms with Gasteiger partial charge in [-0.15, -0.1) is 0 Å². The van der Waals surface area contributed by atoms with Crippen LogP contribution in [0.25, 0.3) is 11.6 Å². The highest BCUT2D eigenvalue weighted by atomic mass is 16.7. The number of rotatable bonds is 13. The van der Waals surface area contributed by atoms with E-state index in [2.05, 4.69) is 117 Å². The number of carbonyl (C=O) groups excluding carboxylic acids is 2. The molecule has 7 nitrogen and oxygen atoms in total. The molecular weight excluding hydrogens is 807 g/mol. The third-order valence-corrected chi connectivity index (χ3v) is 11.5. The van der Waals surface area contributed by atoms with Crippen LogP contribution >= 0.6 is 0 Å². The number of esters is 1. The molecule has 8 rings (SSSR count). The smallest absolute Gasteiger partial charge is 0.497 e. The molecule has 0 saturated heterocycles. The second-order valence-corrected chi connectivity index (χ2v) is 16.0. The summed E-state index contributed by atoms with van der Waals surface area (Å²) in [5.41, 5.74) is 12.0. The Balaban J connectivity index is 1.01. The van der Waals surface area contributed by atoms with Crippen LogP contribution in [0.15, 0.2) is 200 Å². The maximum absolute atomic E-state index is 13.1. The number of ether oxygens (including phenoxy) is 4. The van der Waals surface area contributed by atoms with E-state index in [1.165, 1.54) is 18.1 Å². The van der Waals surface area contributed by atoms with Gasteiger partial charge in [0.25, 0.3) is 0 Å². The Kier molecular flexibility index (Phi) is 13.0. The summed E-state index contributed by atoms with van der Waals surface area (Å²) >= 11 is 0. The molecule has 322 valence electrons. The lowest BCUT2D eigenvalue weighted by atomic mass is 9.71. The zero-order valence-electron chi connectivity index (χ0n) is 37.0. The summed E-state index contributed by atoms with van der Waals surface area (Å²) in [5.74, 6) is 1.55.